The molecule has 0 heterocycles. The van der Waals surface area contributed by atoms with Crippen molar-refractivity contribution < 1.29 is 15.3 Å². The van der Waals surface area contributed by atoms with Crippen LogP contribution in [-0.4, -0.2) is 51.0 Å². The Morgan fingerprint density at radius 1 is 0.846 bits per heavy atom. The number of hydrogen-bond donors (Lipinski definition) is 3. The minimum absolute atomic E-state index is 0.405. The second-order valence-corrected chi connectivity index (χ2v) is 22.1. The van der Waals surface area contributed by atoms with Gasteiger partial charge in [-0.25, -0.2) is 0 Å². The van der Waals surface area contributed by atoms with E-state index in [1.54, 1.807) is 13.8 Å². The summed E-state index contributed by atoms with van der Waals surface area (Å²) in [6.45, 7) is 11.9. The van der Waals surface area contributed by atoms with Gasteiger partial charge in [0.2, 0.25) is 0 Å². The average Bonchev–Trinajstić information content (AvgIpc) is 2.57. The zero-order valence-corrected chi connectivity index (χ0v) is 21.2. The maximum atomic E-state index is 10.8. The van der Waals surface area contributed by atoms with Crippen LogP contribution < -0.4 is 0 Å². The first-order valence-corrected chi connectivity index (χ1v) is 18.6. The third-order valence-electron chi connectivity index (χ3n) is 5.62. The van der Waals surface area contributed by atoms with Crippen molar-refractivity contribution >= 4 is 18.4 Å². The van der Waals surface area contributed by atoms with E-state index in [4.69, 9.17) is 0 Å². The summed E-state index contributed by atoms with van der Waals surface area (Å²) in [4.78, 5) is 0. The van der Waals surface area contributed by atoms with Gasteiger partial charge >= 0.3 is 167 Å². The molecular formula is C22H46O3Sn. The summed E-state index contributed by atoms with van der Waals surface area (Å²) in [6, 6.07) is 0. The molecule has 156 valence electrons. The summed E-state index contributed by atoms with van der Waals surface area (Å²) in [6.07, 6.45) is 9.82. The van der Waals surface area contributed by atoms with E-state index in [1.807, 2.05) is 6.92 Å². The average molecular weight is 477 g/mol. The molecule has 0 aromatic rings. The van der Waals surface area contributed by atoms with Gasteiger partial charge in [0.05, 0.1) is 0 Å². The second-order valence-electron chi connectivity index (χ2n) is 9.07. The third kappa shape index (κ3) is 11.3. The van der Waals surface area contributed by atoms with Crippen molar-refractivity contribution in [3.8, 4) is 0 Å². The van der Waals surface area contributed by atoms with Crippen molar-refractivity contribution in [3.63, 3.8) is 0 Å². The van der Waals surface area contributed by atoms with Crippen LogP contribution in [0.15, 0.2) is 10.2 Å². The molecule has 0 aromatic carbocycles. The van der Waals surface area contributed by atoms with Crippen LogP contribution in [0.5, 0.6) is 0 Å². The normalized spacial score (nSPS) is 16.8. The number of hydrogen-bond acceptors (Lipinski definition) is 3. The van der Waals surface area contributed by atoms with Gasteiger partial charge in [0.15, 0.2) is 0 Å². The van der Waals surface area contributed by atoms with Crippen LogP contribution in [-0.2, 0) is 0 Å². The molecule has 1 unspecified atom stereocenters. The fourth-order valence-electron chi connectivity index (χ4n) is 3.43. The number of aliphatic hydroxyl groups excluding tert-OH is 1. The molecule has 4 heteroatoms. The standard InChI is InChI=1S/C10H19O3.3C4H9.Sn/c1-5-10(4,13)7-6-8(11)9(2,3)12;3*1-3-4-2;/h1,5,8,11-13H,6-7H2,2-4H3;3*1,3-4H2,2H3;/t8?,10-;;;;/m0..../s1. The van der Waals surface area contributed by atoms with Gasteiger partial charge in [0.25, 0.3) is 0 Å². The van der Waals surface area contributed by atoms with Gasteiger partial charge in [-0.2, -0.15) is 0 Å². The molecule has 3 nitrogen and oxygen atoms in total. The van der Waals surface area contributed by atoms with Gasteiger partial charge in [0.1, 0.15) is 0 Å². The van der Waals surface area contributed by atoms with Gasteiger partial charge in [-0.1, -0.05) is 0 Å². The molecule has 0 aromatic heterocycles. The fourth-order valence-corrected chi connectivity index (χ4v) is 18.1. The first kappa shape index (κ1) is 26.4. The molecule has 0 saturated heterocycles. The summed E-state index contributed by atoms with van der Waals surface area (Å²) < 4.78 is 6.67. The summed E-state index contributed by atoms with van der Waals surface area (Å²) in [5.74, 6) is 0. The minimum atomic E-state index is -2.38. The molecule has 0 rings (SSSR count). The SMILES string of the molecule is CCC[CH2][Sn](/[CH]=C/[C@](C)(O)CCC(O)C(C)(C)O)([CH2]CCC)[CH2]CCC. The molecule has 2 atom stereocenters. The Labute approximate surface area is 167 Å². The Morgan fingerprint density at radius 3 is 1.62 bits per heavy atom. The summed E-state index contributed by atoms with van der Waals surface area (Å²) in [7, 11) is 0. The van der Waals surface area contributed by atoms with E-state index >= 15 is 0 Å². The zero-order valence-electron chi connectivity index (χ0n) is 18.4. The maximum absolute atomic E-state index is 10.8. The van der Waals surface area contributed by atoms with E-state index < -0.39 is 35.7 Å². The molecule has 0 fully saturated rings. The Hall–Kier alpha value is 0.419. The summed E-state index contributed by atoms with van der Waals surface area (Å²) >= 11 is -2.38. The van der Waals surface area contributed by atoms with Crippen LogP contribution in [0.3, 0.4) is 0 Å². The number of aliphatic hydroxyl groups is 3. The first-order chi connectivity index (χ1) is 12.0. The molecule has 0 bridgehead atoms. The molecule has 0 amide bonds. The Bertz CT molecular complexity index is 364. The molecule has 0 spiro atoms. The van der Waals surface area contributed by atoms with Crippen molar-refractivity contribution in [3.05, 3.63) is 10.2 Å². The molecule has 0 aliphatic rings. The quantitative estimate of drug-likeness (QED) is 0.270. The Balaban J connectivity index is 5.15. The third-order valence-corrected chi connectivity index (χ3v) is 19.7. The van der Waals surface area contributed by atoms with Crippen molar-refractivity contribution in [2.75, 3.05) is 0 Å². The predicted molar refractivity (Wildman–Crippen MR) is 116 cm³/mol. The Morgan fingerprint density at radius 2 is 1.27 bits per heavy atom. The van der Waals surface area contributed by atoms with E-state index in [0.29, 0.717) is 12.8 Å². The summed E-state index contributed by atoms with van der Waals surface area (Å²) in [5.41, 5.74) is -2.02. The van der Waals surface area contributed by atoms with Gasteiger partial charge in [-0.3, -0.25) is 0 Å². The van der Waals surface area contributed by atoms with Crippen molar-refractivity contribution in [2.45, 2.75) is 124 Å². The Kier molecular flexibility index (Phi) is 13.0. The van der Waals surface area contributed by atoms with Crippen LogP contribution in [0.1, 0.15) is 92.9 Å². The van der Waals surface area contributed by atoms with E-state index in [1.165, 1.54) is 51.8 Å². The first-order valence-electron chi connectivity index (χ1n) is 10.8. The number of rotatable bonds is 15. The van der Waals surface area contributed by atoms with Crippen LogP contribution >= 0.6 is 0 Å². The topological polar surface area (TPSA) is 60.7 Å². The molecule has 0 aliphatic carbocycles. The second kappa shape index (κ2) is 12.8. The van der Waals surface area contributed by atoms with Crippen LogP contribution in [0.25, 0.3) is 0 Å². The van der Waals surface area contributed by atoms with Gasteiger partial charge in [-0.15, -0.1) is 0 Å². The van der Waals surface area contributed by atoms with Gasteiger partial charge in [0, 0.05) is 0 Å². The number of unbranched alkanes of at least 4 members (excludes halogenated alkanes) is 3. The van der Waals surface area contributed by atoms with Crippen molar-refractivity contribution in [1.82, 2.24) is 0 Å². The van der Waals surface area contributed by atoms with E-state index in [-0.39, 0.29) is 0 Å². The van der Waals surface area contributed by atoms with E-state index in [9.17, 15) is 15.3 Å². The fraction of sp³-hybridized carbons (Fsp3) is 0.909. The predicted octanol–water partition coefficient (Wildman–Crippen LogP) is 5.59. The van der Waals surface area contributed by atoms with Crippen molar-refractivity contribution in [2.24, 2.45) is 0 Å². The van der Waals surface area contributed by atoms with Crippen LogP contribution in [0.4, 0.5) is 0 Å². The molecule has 0 saturated carbocycles. The molecule has 0 aliphatic heterocycles. The van der Waals surface area contributed by atoms with Crippen molar-refractivity contribution in [1.29, 1.82) is 0 Å². The molecule has 26 heavy (non-hydrogen) atoms. The molecule has 0 radical (unpaired) electrons. The summed E-state index contributed by atoms with van der Waals surface area (Å²) in [5, 5.41) is 30.8. The van der Waals surface area contributed by atoms with E-state index in [2.05, 4.69) is 30.9 Å². The molecular weight excluding hydrogens is 431 g/mol. The zero-order chi connectivity index (χ0) is 20.3. The van der Waals surface area contributed by atoms with Crippen LogP contribution in [0.2, 0.25) is 13.3 Å². The van der Waals surface area contributed by atoms with Gasteiger partial charge < -0.3 is 0 Å². The van der Waals surface area contributed by atoms with Crippen LogP contribution in [0, 0.1) is 0 Å². The molecule has 3 N–H and O–H groups in total. The van der Waals surface area contributed by atoms with E-state index in [0.717, 1.165) is 0 Å². The van der Waals surface area contributed by atoms with Gasteiger partial charge in [-0.05, 0) is 0 Å². The monoisotopic (exact) mass is 478 g/mol.